The summed E-state index contributed by atoms with van der Waals surface area (Å²) in [6.07, 6.45) is 0. The smallest absolute Gasteiger partial charge is 0.238 e. The molecule has 26 heavy (non-hydrogen) atoms. The van der Waals surface area contributed by atoms with Gasteiger partial charge in [-0.15, -0.1) is 0 Å². The van der Waals surface area contributed by atoms with Gasteiger partial charge in [-0.05, 0) is 18.1 Å². The van der Waals surface area contributed by atoms with Gasteiger partial charge in [0.1, 0.15) is 0 Å². The van der Waals surface area contributed by atoms with Gasteiger partial charge in [0.15, 0.2) is 5.13 Å². The van der Waals surface area contributed by atoms with Crippen molar-refractivity contribution < 1.29 is 4.79 Å². The highest BCUT2D eigenvalue weighted by Gasteiger charge is 2.23. The highest BCUT2D eigenvalue weighted by Crippen LogP contribution is 2.33. The molecule has 1 heterocycles. The van der Waals surface area contributed by atoms with Crippen LogP contribution in [0.3, 0.4) is 0 Å². The molecule has 0 atom stereocenters. The fraction of sp³-hybridized carbons (Fsp3) is 0.150. The number of thiazole rings is 1. The maximum atomic E-state index is 13.0. The molecule has 0 aliphatic heterocycles. The van der Waals surface area contributed by atoms with Gasteiger partial charge in [-0.25, -0.2) is 4.98 Å². The Morgan fingerprint density at radius 1 is 1.15 bits per heavy atom. The quantitative estimate of drug-likeness (QED) is 0.623. The number of nitriles is 1. The second kappa shape index (κ2) is 8.65. The monoisotopic (exact) mass is 379 g/mol. The number of benzene rings is 2. The van der Waals surface area contributed by atoms with E-state index in [1.54, 1.807) is 0 Å². The predicted octanol–water partition coefficient (Wildman–Crippen LogP) is 4.84. The average Bonchev–Trinajstić information content (AvgIpc) is 3.01. The summed E-state index contributed by atoms with van der Waals surface area (Å²) in [6, 6.07) is 21.5. The van der Waals surface area contributed by atoms with Crippen LogP contribution in [-0.4, -0.2) is 16.6 Å². The number of carbonyl (C=O) groups excluding carboxylic acids is 1. The molecule has 0 saturated heterocycles. The Bertz CT molecular complexity index is 878. The van der Waals surface area contributed by atoms with E-state index >= 15 is 0 Å². The van der Waals surface area contributed by atoms with Crippen molar-refractivity contribution in [3.05, 3.63) is 77.5 Å². The first-order valence-corrected chi connectivity index (χ1v) is 9.87. The van der Waals surface area contributed by atoms with Gasteiger partial charge in [0, 0.05) is 0 Å². The van der Waals surface area contributed by atoms with Crippen LogP contribution < -0.4 is 5.32 Å². The molecule has 3 aromatic rings. The minimum absolute atomic E-state index is 0.118. The first kappa shape index (κ1) is 18.2. The number of amides is 1. The Labute approximate surface area is 160 Å². The summed E-state index contributed by atoms with van der Waals surface area (Å²) in [4.78, 5) is 17.5. The number of aryl methyl sites for hydroxylation is 1. The summed E-state index contributed by atoms with van der Waals surface area (Å²) < 4.78 is 0.956. The summed E-state index contributed by atoms with van der Waals surface area (Å²) in [7, 11) is 0. The van der Waals surface area contributed by atoms with Crippen LogP contribution in [0, 0.1) is 18.3 Å². The van der Waals surface area contributed by atoms with E-state index in [1.165, 1.54) is 23.1 Å². The molecule has 130 valence electrons. The number of aromatic nitrogens is 1. The molecule has 1 N–H and O–H groups in total. The number of thioether (sulfide) groups is 1. The van der Waals surface area contributed by atoms with E-state index in [4.69, 9.17) is 5.26 Å². The van der Waals surface area contributed by atoms with Crippen molar-refractivity contribution >= 4 is 34.1 Å². The van der Waals surface area contributed by atoms with Gasteiger partial charge in [-0.3, -0.25) is 4.79 Å². The number of hydrogen-bond donors (Lipinski definition) is 1. The van der Waals surface area contributed by atoms with Crippen molar-refractivity contribution in [2.45, 2.75) is 17.1 Å². The number of hydrogen-bond acceptors (Lipinski definition) is 5. The van der Waals surface area contributed by atoms with Gasteiger partial charge in [0.05, 0.1) is 27.6 Å². The van der Waals surface area contributed by atoms with E-state index in [0.717, 1.165) is 21.0 Å². The molecule has 0 fully saturated rings. The van der Waals surface area contributed by atoms with Crippen molar-refractivity contribution in [2.24, 2.45) is 0 Å². The van der Waals surface area contributed by atoms with E-state index in [1.807, 2.05) is 67.6 Å². The first-order chi connectivity index (χ1) is 12.7. The minimum atomic E-state index is -0.406. The van der Waals surface area contributed by atoms with Gasteiger partial charge in [-0.2, -0.15) is 5.26 Å². The summed E-state index contributed by atoms with van der Waals surface area (Å²) in [5.41, 5.74) is 2.70. The van der Waals surface area contributed by atoms with Crippen LogP contribution in [0.25, 0.3) is 0 Å². The maximum absolute atomic E-state index is 13.0. The van der Waals surface area contributed by atoms with Gasteiger partial charge in [0.2, 0.25) is 5.91 Å². The third kappa shape index (κ3) is 4.31. The van der Waals surface area contributed by atoms with Crippen LogP contribution >= 0.6 is 23.1 Å². The second-order valence-electron chi connectivity index (χ2n) is 5.58. The zero-order valence-electron chi connectivity index (χ0n) is 14.2. The molecule has 0 radical (unpaired) electrons. The second-order valence-corrected chi connectivity index (χ2v) is 7.83. The fourth-order valence-corrected chi connectivity index (χ4v) is 4.43. The van der Waals surface area contributed by atoms with E-state index in [2.05, 4.69) is 16.4 Å². The van der Waals surface area contributed by atoms with Crippen LogP contribution in [0.15, 0.2) is 64.9 Å². The SMILES string of the molecule is Cc1nc(NC(=O)C(c2ccccc2)c2ccccc2)sc1SCC#N. The number of nitrogens with one attached hydrogen (secondary N) is 1. The highest BCUT2D eigenvalue weighted by atomic mass is 32.2. The van der Waals surface area contributed by atoms with Crippen molar-refractivity contribution in [1.82, 2.24) is 4.98 Å². The van der Waals surface area contributed by atoms with Crippen LogP contribution in [0.4, 0.5) is 5.13 Å². The van der Waals surface area contributed by atoms with E-state index in [0.29, 0.717) is 10.9 Å². The molecule has 6 heteroatoms. The zero-order valence-corrected chi connectivity index (χ0v) is 15.8. The van der Waals surface area contributed by atoms with E-state index in [9.17, 15) is 4.79 Å². The van der Waals surface area contributed by atoms with Crippen LogP contribution in [-0.2, 0) is 4.79 Å². The number of anilines is 1. The Balaban J connectivity index is 1.86. The van der Waals surface area contributed by atoms with E-state index < -0.39 is 5.92 Å². The standard InChI is InChI=1S/C20H17N3OS2/c1-14-19(25-13-12-21)26-20(22-14)23-18(24)17(15-8-4-2-5-9-15)16-10-6-3-7-11-16/h2-11,17H,13H2,1H3,(H,22,23,24). The summed E-state index contributed by atoms with van der Waals surface area (Å²) >= 11 is 2.84. The Morgan fingerprint density at radius 2 is 1.73 bits per heavy atom. The van der Waals surface area contributed by atoms with Crippen molar-refractivity contribution in [2.75, 3.05) is 11.1 Å². The van der Waals surface area contributed by atoms with Gasteiger partial charge >= 0.3 is 0 Å². The molecule has 0 saturated carbocycles. The summed E-state index contributed by atoms with van der Waals surface area (Å²) in [5.74, 6) is -0.155. The van der Waals surface area contributed by atoms with Crippen molar-refractivity contribution in [3.63, 3.8) is 0 Å². The molecule has 4 nitrogen and oxygen atoms in total. The topological polar surface area (TPSA) is 65.8 Å². The molecule has 1 aromatic heterocycles. The van der Waals surface area contributed by atoms with Crippen LogP contribution in [0.5, 0.6) is 0 Å². The molecule has 0 aliphatic carbocycles. The molecule has 0 unspecified atom stereocenters. The zero-order chi connectivity index (χ0) is 18.4. The summed E-state index contributed by atoms with van der Waals surface area (Å²) in [6.45, 7) is 1.89. The van der Waals surface area contributed by atoms with Crippen molar-refractivity contribution in [1.29, 1.82) is 5.26 Å². The molecular formula is C20H17N3OS2. The Morgan fingerprint density at radius 3 is 2.27 bits per heavy atom. The number of rotatable bonds is 6. The van der Waals surface area contributed by atoms with Crippen LogP contribution in [0.2, 0.25) is 0 Å². The fourth-order valence-electron chi connectivity index (χ4n) is 2.63. The molecule has 0 aliphatic rings. The molecule has 0 bridgehead atoms. The molecule has 1 amide bonds. The predicted molar refractivity (Wildman–Crippen MR) is 107 cm³/mol. The minimum Gasteiger partial charge on any atom is -0.301 e. The lowest BCUT2D eigenvalue weighted by atomic mass is 9.90. The van der Waals surface area contributed by atoms with Gasteiger partial charge < -0.3 is 5.32 Å². The normalized spacial score (nSPS) is 10.5. The average molecular weight is 380 g/mol. The Kier molecular flexibility index (Phi) is 6.05. The highest BCUT2D eigenvalue weighted by molar-refractivity contribution is 8.01. The lowest BCUT2D eigenvalue weighted by molar-refractivity contribution is -0.116. The third-order valence-corrected chi connectivity index (χ3v) is 6.08. The number of nitrogens with zero attached hydrogens (tertiary/aromatic N) is 2. The van der Waals surface area contributed by atoms with E-state index in [-0.39, 0.29) is 5.91 Å². The maximum Gasteiger partial charge on any atom is 0.238 e. The Hall–Kier alpha value is -2.62. The van der Waals surface area contributed by atoms with Gasteiger partial charge in [0.25, 0.3) is 0 Å². The van der Waals surface area contributed by atoms with Crippen LogP contribution in [0.1, 0.15) is 22.7 Å². The largest absolute Gasteiger partial charge is 0.301 e. The van der Waals surface area contributed by atoms with Crippen molar-refractivity contribution in [3.8, 4) is 6.07 Å². The first-order valence-electron chi connectivity index (χ1n) is 8.07. The third-order valence-electron chi connectivity index (χ3n) is 3.78. The lowest BCUT2D eigenvalue weighted by Crippen LogP contribution is -2.22. The van der Waals surface area contributed by atoms with Gasteiger partial charge in [-0.1, -0.05) is 83.8 Å². The molecule has 2 aromatic carbocycles. The molecule has 0 spiro atoms. The molecular weight excluding hydrogens is 362 g/mol. The molecule has 3 rings (SSSR count). The summed E-state index contributed by atoms with van der Waals surface area (Å²) in [5, 5.41) is 12.2. The number of carbonyl (C=O) groups is 1. The lowest BCUT2D eigenvalue weighted by Gasteiger charge is -2.17.